The molecule has 1 N–H and O–H groups in total. The Morgan fingerprint density at radius 2 is 2.36 bits per heavy atom. The number of thioether (sulfide) groups is 1. The standard InChI is InChI=1S/C17H24N2O2S/c1-13(18-12-17(2)7-4-10-22-17)14-5-3-6-15(11-14)19-8-9-21-16(19)20/h3,5-6,11,13,18H,4,7-10,12H2,1-2H3/t13-,17+/m0/s1. The van der Waals surface area contributed by atoms with Crippen LogP contribution in [0, 0.1) is 0 Å². The van der Waals surface area contributed by atoms with Crippen molar-refractivity contribution in [2.24, 2.45) is 0 Å². The van der Waals surface area contributed by atoms with Gasteiger partial charge >= 0.3 is 6.09 Å². The average molecular weight is 320 g/mol. The Morgan fingerprint density at radius 1 is 1.50 bits per heavy atom. The zero-order chi connectivity index (χ0) is 15.6. The second kappa shape index (κ2) is 6.50. The maximum Gasteiger partial charge on any atom is 0.414 e. The highest BCUT2D eigenvalue weighted by molar-refractivity contribution is 8.00. The Balaban J connectivity index is 1.65. The Hall–Kier alpha value is -1.20. The second-order valence-electron chi connectivity index (χ2n) is 6.37. The van der Waals surface area contributed by atoms with Crippen molar-refractivity contribution in [2.75, 3.05) is 30.3 Å². The summed E-state index contributed by atoms with van der Waals surface area (Å²) in [4.78, 5) is 13.4. The minimum Gasteiger partial charge on any atom is -0.447 e. The molecule has 5 heteroatoms. The fourth-order valence-electron chi connectivity index (χ4n) is 3.05. The van der Waals surface area contributed by atoms with Gasteiger partial charge in [-0.25, -0.2) is 4.79 Å². The number of hydrogen-bond acceptors (Lipinski definition) is 4. The number of amides is 1. The third-order valence-electron chi connectivity index (χ3n) is 4.53. The van der Waals surface area contributed by atoms with E-state index in [1.807, 2.05) is 12.1 Å². The highest BCUT2D eigenvalue weighted by Crippen LogP contribution is 2.37. The number of rotatable bonds is 5. The van der Waals surface area contributed by atoms with E-state index in [0.29, 0.717) is 17.9 Å². The van der Waals surface area contributed by atoms with Gasteiger partial charge < -0.3 is 10.1 Å². The van der Waals surface area contributed by atoms with Crippen molar-refractivity contribution < 1.29 is 9.53 Å². The van der Waals surface area contributed by atoms with Crippen molar-refractivity contribution in [3.63, 3.8) is 0 Å². The molecule has 0 radical (unpaired) electrons. The molecule has 0 spiro atoms. The SMILES string of the molecule is C[C@H](NC[C@@]1(C)CCCS1)c1cccc(N2CCOC2=O)c1. The van der Waals surface area contributed by atoms with Crippen LogP contribution in [0.3, 0.4) is 0 Å². The van der Waals surface area contributed by atoms with Gasteiger partial charge in [0, 0.05) is 23.0 Å². The number of nitrogens with one attached hydrogen (secondary N) is 1. The highest BCUT2D eigenvalue weighted by atomic mass is 32.2. The average Bonchev–Trinajstić information content (AvgIpc) is 3.14. The molecule has 2 saturated heterocycles. The number of anilines is 1. The predicted molar refractivity (Wildman–Crippen MR) is 91.7 cm³/mol. The summed E-state index contributed by atoms with van der Waals surface area (Å²) in [5, 5.41) is 3.65. The molecule has 2 aliphatic rings. The molecule has 1 amide bonds. The molecule has 2 heterocycles. The van der Waals surface area contributed by atoms with E-state index in [4.69, 9.17) is 4.74 Å². The first-order valence-corrected chi connectivity index (χ1v) is 8.98. The van der Waals surface area contributed by atoms with E-state index < -0.39 is 0 Å². The minimum absolute atomic E-state index is 0.243. The number of cyclic esters (lactones) is 1. The van der Waals surface area contributed by atoms with Crippen molar-refractivity contribution in [2.45, 2.75) is 37.5 Å². The van der Waals surface area contributed by atoms with Crippen LogP contribution >= 0.6 is 11.8 Å². The lowest BCUT2D eigenvalue weighted by Crippen LogP contribution is -2.34. The van der Waals surface area contributed by atoms with Gasteiger partial charge in [0.2, 0.25) is 0 Å². The van der Waals surface area contributed by atoms with Crippen molar-refractivity contribution in [1.82, 2.24) is 5.32 Å². The Bertz CT molecular complexity index is 543. The third-order valence-corrected chi connectivity index (χ3v) is 6.06. The van der Waals surface area contributed by atoms with Crippen LogP contribution in [-0.4, -0.2) is 36.3 Å². The van der Waals surface area contributed by atoms with E-state index in [9.17, 15) is 4.79 Å². The van der Waals surface area contributed by atoms with Crippen LogP contribution in [0.5, 0.6) is 0 Å². The van der Waals surface area contributed by atoms with Gasteiger partial charge in [-0.05, 0) is 50.1 Å². The number of benzene rings is 1. The molecule has 0 saturated carbocycles. The molecule has 2 atom stereocenters. The van der Waals surface area contributed by atoms with Crippen LogP contribution in [0.4, 0.5) is 10.5 Å². The van der Waals surface area contributed by atoms with Gasteiger partial charge in [-0.2, -0.15) is 11.8 Å². The molecule has 120 valence electrons. The van der Waals surface area contributed by atoms with Crippen LogP contribution in [0.15, 0.2) is 24.3 Å². The normalized spacial score (nSPS) is 26.3. The largest absolute Gasteiger partial charge is 0.447 e. The first kappa shape index (κ1) is 15.7. The van der Waals surface area contributed by atoms with Crippen LogP contribution in [0.1, 0.15) is 38.3 Å². The third kappa shape index (κ3) is 3.41. The topological polar surface area (TPSA) is 41.6 Å². The number of hydrogen-bond donors (Lipinski definition) is 1. The van der Waals surface area contributed by atoms with Gasteiger partial charge in [0.1, 0.15) is 6.61 Å². The quantitative estimate of drug-likeness (QED) is 0.900. The molecular formula is C17H24N2O2S. The van der Waals surface area contributed by atoms with Gasteiger partial charge in [0.05, 0.1) is 6.54 Å². The fourth-order valence-corrected chi connectivity index (χ4v) is 4.31. The number of nitrogens with zero attached hydrogens (tertiary/aromatic N) is 1. The lowest BCUT2D eigenvalue weighted by Gasteiger charge is -2.26. The van der Waals surface area contributed by atoms with Gasteiger partial charge in [0.15, 0.2) is 0 Å². The number of carbonyl (C=O) groups excluding carboxylic acids is 1. The first-order valence-electron chi connectivity index (χ1n) is 7.99. The smallest absolute Gasteiger partial charge is 0.414 e. The van der Waals surface area contributed by atoms with Crippen LogP contribution in [0.2, 0.25) is 0 Å². The first-order chi connectivity index (χ1) is 10.6. The molecule has 3 rings (SSSR count). The summed E-state index contributed by atoms with van der Waals surface area (Å²) in [6, 6.07) is 8.47. The molecule has 1 aromatic carbocycles. The maximum absolute atomic E-state index is 11.7. The summed E-state index contributed by atoms with van der Waals surface area (Å²) < 4.78 is 5.38. The molecule has 0 unspecified atom stereocenters. The fraction of sp³-hybridized carbons (Fsp3) is 0.588. The summed E-state index contributed by atoms with van der Waals surface area (Å²) >= 11 is 2.07. The lowest BCUT2D eigenvalue weighted by molar-refractivity contribution is 0.181. The number of ether oxygens (including phenoxy) is 1. The Labute approximate surface area is 136 Å². The second-order valence-corrected chi connectivity index (χ2v) is 8.05. The van der Waals surface area contributed by atoms with Crippen LogP contribution in [-0.2, 0) is 4.74 Å². The molecule has 0 aromatic heterocycles. The summed E-state index contributed by atoms with van der Waals surface area (Å²) in [7, 11) is 0. The molecule has 0 bridgehead atoms. The summed E-state index contributed by atoms with van der Waals surface area (Å²) in [6.45, 7) is 6.67. The van der Waals surface area contributed by atoms with Crippen LogP contribution < -0.4 is 10.2 Å². The summed E-state index contributed by atoms with van der Waals surface area (Å²) in [5.74, 6) is 1.28. The van der Waals surface area contributed by atoms with E-state index in [2.05, 4.69) is 43.1 Å². The molecule has 4 nitrogen and oxygen atoms in total. The van der Waals surface area contributed by atoms with Crippen molar-refractivity contribution in [3.8, 4) is 0 Å². The number of carbonyl (C=O) groups is 1. The van der Waals surface area contributed by atoms with Crippen LogP contribution in [0.25, 0.3) is 0 Å². The Morgan fingerprint density at radius 3 is 3.05 bits per heavy atom. The lowest BCUT2D eigenvalue weighted by atomic mass is 10.0. The van der Waals surface area contributed by atoms with Gasteiger partial charge in [-0.1, -0.05) is 12.1 Å². The maximum atomic E-state index is 11.7. The minimum atomic E-state index is -0.243. The highest BCUT2D eigenvalue weighted by Gasteiger charge is 2.29. The Kier molecular flexibility index (Phi) is 4.64. The molecule has 2 fully saturated rings. The summed E-state index contributed by atoms with van der Waals surface area (Å²) in [5.41, 5.74) is 2.14. The van der Waals surface area contributed by atoms with Gasteiger partial charge in [-0.15, -0.1) is 0 Å². The zero-order valence-corrected chi connectivity index (χ0v) is 14.1. The molecule has 1 aromatic rings. The summed E-state index contributed by atoms with van der Waals surface area (Å²) in [6.07, 6.45) is 2.37. The van der Waals surface area contributed by atoms with Crippen molar-refractivity contribution in [3.05, 3.63) is 29.8 Å². The van der Waals surface area contributed by atoms with Gasteiger partial charge in [0.25, 0.3) is 0 Å². The van der Waals surface area contributed by atoms with E-state index in [-0.39, 0.29) is 12.1 Å². The van der Waals surface area contributed by atoms with E-state index >= 15 is 0 Å². The van der Waals surface area contributed by atoms with E-state index in [1.54, 1.807) is 4.90 Å². The van der Waals surface area contributed by atoms with Crippen molar-refractivity contribution in [1.29, 1.82) is 0 Å². The zero-order valence-electron chi connectivity index (χ0n) is 13.3. The predicted octanol–water partition coefficient (Wildman–Crippen LogP) is 3.58. The van der Waals surface area contributed by atoms with Crippen molar-refractivity contribution >= 4 is 23.5 Å². The molecule has 22 heavy (non-hydrogen) atoms. The van der Waals surface area contributed by atoms with E-state index in [1.165, 1.54) is 24.2 Å². The molecule has 0 aliphatic carbocycles. The van der Waals surface area contributed by atoms with E-state index in [0.717, 1.165) is 12.2 Å². The van der Waals surface area contributed by atoms with Gasteiger partial charge in [-0.3, -0.25) is 4.90 Å². The molecule has 2 aliphatic heterocycles. The molecular weight excluding hydrogens is 296 g/mol. The monoisotopic (exact) mass is 320 g/mol.